The smallest absolute Gasteiger partial charge is 0.223 e. The van der Waals surface area contributed by atoms with Gasteiger partial charge >= 0.3 is 0 Å². The maximum absolute atomic E-state index is 11.9. The molecule has 6 nitrogen and oxygen atoms in total. The highest BCUT2D eigenvalue weighted by Gasteiger charge is 2.26. The van der Waals surface area contributed by atoms with Crippen molar-refractivity contribution in [3.8, 4) is 0 Å². The van der Waals surface area contributed by atoms with Crippen LogP contribution in [0, 0.1) is 5.92 Å². The standard InChI is InChI=1S/C14H27N3O3/c1-2-15-8-4-13(19)17-9-5-12(6-10-17)14(20)16-7-3-11-18/h12,15,18H,2-11H2,1H3,(H,16,20). The van der Waals surface area contributed by atoms with Gasteiger partial charge in [0.2, 0.25) is 11.8 Å². The predicted molar refractivity (Wildman–Crippen MR) is 77.2 cm³/mol. The summed E-state index contributed by atoms with van der Waals surface area (Å²) in [5.41, 5.74) is 0. The average molecular weight is 285 g/mol. The predicted octanol–water partition coefficient (Wildman–Crippen LogP) is -0.277. The Bertz CT molecular complexity index is 272. The second kappa shape index (κ2) is 9.72. The quantitative estimate of drug-likeness (QED) is 0.536. The van der Waals surface area contributed by atoms with Gasteiger partial charge in [-0.1, -0.05) is 6.92 Å². The van der Waals surface area contributed by atoms with Crippen LogP contribution in [0.15, 0.2) is 0 Å². The van der Waals surface area contributed by atoms with Gasteiger partial charge in [-0.3, -0.25) is 9.59 Å². The van der Waals surface area contributed by atoms with Gasteiger partial charge in [-0.05, 0) is 25.8 Å². The van der Waals surface area contributed by atoms with Gasteiger partial charge in [0.25, 0.3) is 0 Å². The van der Waals surface area contributed by atoms with E-state index in [1.165, 1.54) is 0 Å². The second-order valence-electron chi connectivity index (χ2n) is 5.13. The summed E-state index contributed by atoms with van der Waals surface area (Å²) in [4.78, 5) is 25.6. The Balaban J connectivity index is 2.21. The number of nitrogens with one attached hydrogen (secondary N) is 2. The SMILES string of the molecule is CCNCCC(=O)N1CCC(C(=O)NCCCO)CC1. The van der Waals surface area contributed by atoms with Crippen LogP contribution in [-0.2, 0) is 9.59 Å². The van der Waals surface area contributed by atoms with E-state index in [0.29, 0.717) is 32.5 Å². The normalized spacial score (nSPS) is 16.2. The van der Waals surface area contributed by atoms with Crippen LogP contribution >= 0.6 is 0 Å². The Kier molecular flexibility index (Phi) is 8.22. The highest BCUT2D eigenvalue weighted by Crippen LogP contribution is 2.17. The van der Waals surface area contributed by atoms with E-state index in [2.05, 4.69) is 10.6 Å². The molecule has 1 aliphatic rings. The van der Waals surface area contributed by atoms with Gasteiger partial charge in [0.15, 0.2) is 0 Å². The van der Waals surface area contributed by atoms with Gasteiger partial charge in [-0.2, -0.15) is 0 Å². The Labute approximate surface area is 120 Å². The summed E-state index contributed by atoms with van der Waals surface area (Å²) in [6.45, 7) is 5.58. The lowest BCUT2D eigenvalue weighted by Crippen LogP contribution is -2.43. The Morgan fingerprint density at radius 1 is 1.25 bits per heavy atom. The number of hydrogen-bond donors (Lipinski definition) is 3. The summed E-state index contributed by atoms with van der Waals surface area (Å²) in [5.74, 6) is 0.231. The summed E-state index contributed by atoms with van der Waals surface area (Å²) in [6, 6.07) is 0. The molecule has 0 aromatic carbocycles. The van der Waals surface area contributed by atoms with Crippen LogP contribution in [0.5, 0.6) is 0 Å². The van der Waals surface area contributed by atoms with E-state index in [-0.39, 0.29) is 24.3 Å². The van der Waals surface area contributed by atoms with E-state index in [9.17, 15) is 9.59 Å². The number of aliphatic hydroxyl groups excluding tert-OH is 1. The first kappa shape index (κ1) is 16.9. The Morgan fingerprint density at radius 2 is 1.95 bits per heavy atom. The maximum atomic E-state index is 11.9. The van der Waals surface area contributed by atoms with Gasteiger partial charge in [-0.15, -0.1) is 0 Å². The monoisotopic (exact) mass is 285 g/mol. The molecule has 20 heavy (non-hydrogen) atoms. The highest BCUT2D eigenvalue weighted by atomic mass is 16.3. The number of nitrogens with zero attached hydrogens (tertiary/aromatic N) is 1. The van der Waals surface area contributed by atoms with E-state index in [1.54, 1.807) is 0 Å². The number of hydrogen-bond acceptors (Lipinski definition) is 4. The van der Waals surface area contributed by atoms with Crippen LogP contribution in [0.4, 0.5) is 0 Å². The van der Waals surface area contributed by atoms with Gasteiger partial charge in [-0.25, -0.2) is 0 Å². The molecule has 1 saturated heterocycles. The van der Waals surface area contributed by atoms with Crippen LogP contribution in [0.1, 0.15) is 32.6 Å². The molecule has 2 amide bonds. The lowest BCUT2D eigenvalue weighted by molar-refractivity contribution is -0.135. The molecule has 1 fully saturated rings. The third-order valence-electron chi connectivity index (χ3n) is 3.62. The minimum atomic E-state index is 0.00603. The van der Waals surface area contributed by atoms with Gasteiger partial charge < -0.3 is 20.6 Å². The average Bonchev–Trinajstić information content (AvgIpc) is 2.47. The molecular weight excluding hydrogens is 258 g/mol. The molecule has 0 saturated carbocycles. The number of carbonyl (C=O) groups is 2. The molecule has 0 aromatic heterocycles. The minimum Gasteiger partial charge on any atom is -0.396 e. The molecule has 0 aromatic rings. The van der Waals surface area contributed by atoms with Crippen molar-refractivity contribution in [3.05, 3.63) is 0 Å². The maximum Gasteiger partial charge on any atom is 0.223 e. The molecule has 1 heterocycles. The van der Waals surface area contributed by atoms with Crippen molar-refractivity contribution < 1.29 is 14.7 Å². The van der Waals surface area contributed by atoms with Crippen molar-refractivity contribution in [1.82, 2.24) is 15.5 Å². The van der Waals surface area contributed by atoms with Crippen LogP contribution in [0.2, 0.25) is 0 Å². The Morgan fingerprint density at radius 3 is 2.55 bits per heavy atom. The summed E-state index contributed by atoms with van der Waals surface area (Å²) in [6.07, 6.45) is 2.59. The van der Waals surface area contributed by atoms with Crippen molar-refractivity contribution in [3.63, 3.8) is 0 Å². The van der Waals surface area contributed by atoms with Gasteiger partial charge in [0.05, 0.1) is 0 Å². The van der Waals surface area contributed by atoms with Crippen molar-refractivity contribution in [2.75, 3.05) is 39.3 Å². The van der Waals surface area contributed by atoms with E-state index >= 15 is 0 Å². The van der Waals surface area contributed by atoms with Crippen LogP contribution in [0.3, 0.4) is 0 Å². The fourth-order valence-electron chi connectivity index (χ4n) is 2.36. The number of rotatable bonds is 8. The summed E-state index contributed by atoms with van der Waals surface area (Å²) in [5, 5.41) is 14.6. The third kappa shape index (κ3) is 5.88. The molecule has 0 atom stereocenters. The summed E-state index contributed by atoms with van der Waals surface area (Å²) >= 11 is 0. The molecule has 0 aliphatic carbocycles. The first-order chi connectivity index (χ1) is 9.69. The van der Waals surface area contributed by atoms with Gasteiger partial charge in [0, 0.05) is 45.1 Å². The number of likely N-dealkylation sites (tertiary alicyclic amines) is 1. The molecule has 6 heteroatoms. The molecule has 0 spiro atoms. The van der Waals surface area contributed by atoms with E-state index in [1.807, 2.05) is 11.8 Å². The first-order valence-electron chi connectivity index (χ1n) is 7.56. The molecule has 1 rings (SSSR count). The highest BCUT2D eigenvalue weighted by molar-refractivity contribution is 5.80. The fourth-order valence-corrected chi connectivity index (χ4v) is 2.36. The molecular formula is C14H27N3O3. The zero-order chi connectivity index (χ0) is 14.8. The van der Waals surface area contributed by atoms with Crippen LogP contribution in [-0.4, -0.2) is 61.2 Å². The first-order valence-corrected chi connectivity index (χ1v) is 7.56. The zero-order valence-corrected chi connectivity index (χ0v) is 12.4. The number of carbonyl (C=O) groups excluding carboxylic acids is 2. The summed E-state index contributed by atoms with van der Waals surface area (Å²) in [7, 11) is 0. The zero-order valence-electron chi connectivity index (χ0n) is 12.4. The third-order valence-corrected chi connectivity index (χ3v) is 3.62. The van der Waals surface area contributed by atoms with Gasteiger partial charge in [0.1, 0.15) is 0 Å². The topological polar surface area (TPSA) is 81.7 Å². The van der Waals surface area contributed by atoms with Crippen molar-refractivity contribution in [2.45, 2.75) is 32.6 Å². The number of aliphatic hydroxyl groups is 1. The second-order valence-corrected chi connectivity index (χ2v) is 5.13. The molecule has 116 valence electrons. The number of amides is 2. The number of piperidine rings is 1. The largest absolute Gasteiger partial charge is 0.396 e. The van der Waals surface area contributed by atoms with E-state index < -0.39 is 0 Å². The molecule has 0 bridgehead atoms. The molecule has 0 radical (unpaired) electrons. The van der Waals surface area contributed by atoms with Crippen LogP contribution in [0.25, 0.3) is 0 Å². The van der Waals surface area contributed by atoms with Crippen molar-refractivity contribution >= 4 is 11.8 Å². The molecule has 3 N–H and O–H groups in total. The fraction of sp³-hybridized carbons (Fsp3) is 0.857. The van der Waals surface area contributed by atoms with E-state index in [4.69, 9.17) is 5.11 Å². The molecule has 1 aliphatic heterocycles. The Hall–Kier alpha value is -1.14. The van der Waals surface area contributed by atoms with Crippen LogP contribution < -0.4 is 10.6 Å². The van der Waals surface area contributed by atoms with Crippen molar-refractivity contribution in [2.24, 2.45) is 5.92 Å². The summed E-state index contributed by atoms with van der Waals surface area (Å²) < 4.78 is 0. The minimum absolute atomic E-state index is 0.00603. The lowest BCUT2D eigenvalue weighted by Gasteiger charge is -2.31. The van der Waals surface area contributed by atoms with E-state index in [0.717, 1.165) is 25.9 Å². The lowest BCUT2D eigenvalue weighted by atomic mass is 9.95. The van der Waals surface area contributed by atoms with Crippen molar-refractivity contribution in [1.29, 1.82) is 0 Å². The molecule has 0 unspecified atom stereocenters.